The minimum atomic E-state index is -0.645. The molecule has 12 aromatic carbocycles. The van der Waals surface area contributed by atoms with E-state index in [1.54, 1.807) is 0 Å². The van der Waals surface area contributed by atoms with Crippen molar-refractivity contribution in [3.63, 3.8) is 0 Å². The van der Waals surface area contributed by atoms with Gasteiger partial charge in [0.1, 0.15) is 22.7 Å². The molecule has 0 unspecified atom stereocenters. The lowest BCUT2D eigenvalue weighted by Gasteiger charge is -2.39. The van der Waals surface area contributed by atoms with Crippen LogP contribution in [0.2, 0.25) is 0 Å². The molecule has 3 heteroatoms. The predicted octanol–water partition coefficient (Wildman–Crippen LogP) is 19.2. The summed E-state index contributed by atoms with van der Waals surface area (Å²) in [5.74, 6) is 1.74. The fourth-order valence-corrected chi connectivity index (χ4v) is 13.7. The minimum Gasteiger partial charge on any atom is -0.457 e. The Morgan fingerprint density at radius 1 is 0.299 bits per heavy atom. The third-order valence-corrected chi connectivity index (χ3v) is 16.8. The zero-order valence-electron chi connectivity index (χ0n) is 41.9. The molecule has 0 atom stereocenters. The van der Waals surface area contributed by atoms with E-state index in [0.717, 1.165) is 72.8 Å². The maximum absolute atomic E-state index is 6.83. The lowest BCUT2D eigenvalue weighted by molar-refractivity contribution is 0.436. The second kappa shape index (κ2) is 16.8. The van der Waals surface area contributed by atoms with Crippen LogP contribution in [0.5, 0.6) is 11.5 Å². The summed E-state index contributed by atoms with van der Waals surface area (Å²) in [7, 11) is 0. The third-order valence-electron chi connectivity index (χ3n) is 16.8. The summed E-state index contributed by atoms with van der Waals surface area (Å²) in [6.07, 6.45) is 0. The third kappa shape index (κ3) is 6.14. The first kappa shape index (κ1) is 43.4. The van der Waals surface area contributed by atoms with E-state index in [4.69, 9.17) is 9.15 Å². The molecule has 0 bridgehead atoms. The maximum atomic E-state index is 6.83. The van der Waals surface area contributed by atoms with E-state index in [0.29, 0.717) is 0 Å². The second-order valence-electron chi connectivity index (χ2n) is 20.6. The monoisotopic (exact) mass is 981 g/mol. The van der Waals surface area contributed by atoms with Gasteiger partial charge in [-0.1, -0.05) is 231 Å². The lowest BCUT2D eigenvalue weighted by Crippen LogP contribution is -2.32. The normalized spacial score (nSPS) is 13.8. The van der Waals surface area contributed by atoms with Crippen molar-refractivity contribution in [3.8, 4) is 56.0 Å². The van der Waals surface area contributed by atoms with Gasteiger partial charge in [-0.3, -0.25) is 0 Å². The second-order valence-corrected chi connectivity index (χ2v) is 20.6. The molecule has 3 aliphatic rings. The van der Waals surface area contributed by atoms with Gasteiger partial charge in [0.05, 0.1) is 27.6 Å². The Labute approximate surface area is 447 Å². The van der Waals surface area contributed by atoms with Crippen LogP contribution >= 0.6 is 0 Å². The summed E-state index contributed by atoms with van der Waals surface area (Å²) in [4.78, 5) is 2.50. The number of ether oxygens (including phenoxy) is 1. The summed E-state index contributed by atoms with van der Waals surface area (Å²) < 4.78 is 13.6. The Bertz CT molecular complexity index is 4390. The van der Waals surface area contributed by atoms with Gasteiger partial charge in [-0.15, -0.1) is 0 Å². The molecule has 360 valence electrons. The quantitative estimate of drug-likeness (QED) is 0.159. The van der Waals surface area contributed by atoms with Gasteiger partial charge in [-0.25, -0.2) is 0 Å². The van der Waals surface area contributed by atoms with Crippen LogP contribution in [-0.4, -0.2) is 0 Å². The summed E-state index contributed by atoms with van der Waals surface area (Å²) in [6, 6.07) is 104. The first-order valence-corrected chi connectivity index (χ1v) is 26.6. The van der Waals surface area contributed by atoms with Crippen LogP contribution < -0.4 is 9.64 Å². The van der Waals surface area contributed by atoms with Crippen molar-refractivity contribution in [1.29, 1.82) is 0 Å². The first-order valence-electron chi connectivity index (χ1n) is 26.6. The standard InChI is InChI=1S/C74H47NO2/c1-3-19-48(20-4-1)50-37-40-52(41-38-50)73(59-26-10-7-23-55(59)56-24-8-11-27-60(56)73)53-42-44-54(45-43-53)75(66-33-18-36-70-72(66)58-47-51(39-46-67(58)76-70)49-21-5-2-6-22-49)65-32-17-31-64-71(65)57-25-9-12-28-61(57)74(64)62-29-13-15-34-68(62)77-69-35-16-14-30-63(69)74/h1-47H. The van der Waals surface area contributed by atoms with Crippen molar-refractivity contribution in [3.05, 3.63) is 330 Å². The number of furan rings is 1. The molecule has 0 saturated heterocycles. The van der Waals surface area contributed by atoms with Crippen LogP contribution in [0.4, 0.5) is 17.1 Å². The number of benzene rings is 12. The summed E-state index contributed by atoms with van der Waals surface area (Å²) in [6.45, 7) is 0. The van der Waals surface area contributed by atoms with Gasteiger partial charge < -0.3 is 14.1 Å². The minimum absolute atomic E-state index is 0.594. The van der Waals surface area contributed by atoms with E-state index in [9.17, 15) is 0 Å². The van der Waals surface area contributed by atoms with Crippen LogP contribution in [0.3, 0.4) is 0 Å². The van der Waals surface area contributed by atoms with Gasteiger partial charge >= 0.3 is 0 Å². The van der Waals surface area contributed by atoms with Crippen LogP contribution in [0.15, 0.2) is 290 Å². The van der Waals surface area contributed by atoms with Crippen LogP contribution in [0, 0.1) is 0 Å². The van der Waals surface area contributed by atoms with Crippen LogP contribution in [0.25, 0.3) is 66.4 Å². The number of para-hydroxylation sites is 2. The van der Waals surface area contributed by atoms with Crippen molar-refractivity contribution >= 4 is 39.0 Å². The molecule has 1 aliphatic heterocycles. The van der Waals surface area contributed by atoms with E-state index >= 15 is 0 Å². The molecular formula is C74H47NO2. The van der Waals surface area contributed by atoms with Gasteiger partial charge in [-0.2, -0.15) is 0 Å². The van der Waals surface area contributed by atoms with Crippen molar-refractivity contribution in [2.75, 3.05) is 4.90 Å². The molecule has 2 heterocycles. The molecule has 3 nitrogen and oxygen atoms in total. The lowest BCUT2D eigenvalue weighted by atomic mass is 9.66. The largest absolute Gasteiger partial charge is 0.457 e. The summed E-state index contributed by atoms with van der Waals surface area (Å²) in [5, 5.41) is 2.12. The number of hydrogen-bond acceptors (Lipinski definition) is 3. The zero-order chi connectivity index (χ0) is 50.7. The van der Waals surface area contributed by atoms with Gasteiger partial charge in [-0.05, 0) is 127 Å². The van der Waals surface area contributed by atoms with E-state index in [1.807, 2.05) is 0 Å². The van der Waals surface area contributed by atoms with E-state index in [1.165, 1.54) is 66.8 Å². The Kier molecular flexibility index (Phi) is 9.47. The number of rotatable bonds is 7. The number of hydrogen-bond donors (Lipinski definition) is 0. The highest BCUT2D eigenvalue weighted by Gasteiger charge is 2.52. The molecule has 0 fully saturated rings. The van der Waals surface area contributed by atoms with E-state index in [2.05, 4.69) is 290 Å². The highest BCUT2D eigenvalue weighted by molar-refractivity contribution is 6.15. The molecule has 1 spiro atoms. The van der Waals surface area contributed by atoms with Crippen molar-refractivity contribution in [1.82, 2.24) is 0 Å². The van der Waals surface area contributed by atoms with Gasteiger partial charge in [0.15, 0.2) is 0 Å². The molecule has 2 aliphatic carbocycles. The van der Waals surface area contributed by atoms with Crippen LogP contribution in [0.1, 0.15) is 44.5 Å². The Hall–Kier alpha value is -9.96. The molecule has 16 rings (SSSR count). The Morgan fingerprint density at radius 3 is 1.40 bits per heavy atom. The topological polar surface area (TPSA) is 25.6 Å². The Morgan fingerprint density at radius 2 is 0.766 bits per heavy atom. The molecule has 1 aromatic heterocycles. The maximum Gasteiger partial charge on any atom is 0.137 e. The highest BCUT2D eigenvalue weighted by atomic mass is 16.5. The highest BCUT2D eigenvalue weighted by Crippen LogP contribution is 2.65. The summed E-state index contributed by atoms with van der Waals surface area (Å²) in [5.41, 5.74) is 22.9. The van der Waals surface area contributed by atoms with E-state index in [-0.39, 0.29) is 0 Å². The number of fused-ring (bicyclic) bond motifs is 15. The zero-order valence-corrected chi connectivity index (χ0v) is 41.9. The first-order chi connectivity index (χ1) is 38.2. The van der Waals surface area contributed by atoms with E-state index < -0.39 is 10.8 Å². The predicted molar refractivity (Wildman–Crippen MR) is 314 cm³/mol. The van der Waals surface area contributed by atoms with Crippen molar-refractivity contribution in [2.24, 2.45) is 0 Å². The average molecular weight is 982 g/mol. The molecular weight excluding hydrogens is 935 g/mol. The van der Waals surface area contributed by atoms with Gasteiger partial charge in [0.2, 0.25) is 0 Å². The van der Waals surface area contributed by atoms with Crippen molar-refractivity contribution < 1.29 is 9.15 Å². The fourth-order valence-electron chi connectivity index (χ4n) is 13.7. The van der Waals surface area contributed by atoms with Crippen LogP contribution in [-0.2, 0) is 10.8 Å². The average Bonchev–Trinajstić information content (AvgIpc) is 4.27. The number of anilines is 3. The fraction of sp³-hybridized carbons (Fsp3) is 0.0270. The Balaban J connectivity index is 0.963. The smallest absolute Gasteiger partial charge is 0.137 e. The molecule has 13 aromatic rings. The molecule has 0 amide bonds. The SMILES string of the molecule is c1ccc(-c2ccc(C3(c4ccc(N(c5cccc6c5-c5ccccc5C65c6ccccc6Oc6ccccc65)c5cccc6oc7ccc(-c8ccccc8)cc7c56)cc4)c4ccccc4-c4ccccc43)cc2)cc1. The molecule has 0 radical (unpaired) electrons. The number of nitrogens with zero attached hydrogens (tertiary/aromatic N) is 1. The van der Waals surface area contributed by atoms with Gasteiger partial charge in [0.25, 0.3) is 0 Å². The van der Waals surface area contributed by atoms with Crippen molar-refractivity contribution in [2.45, 2.75) is 10.8 Å². The van der Waals surface area contributed by atoms with Gasteiger partial charge in [0, 0.05) is 27.8 Å². The molecule has 77 heavy (non-hydrogen) atoms. The molecule has 0 saturated carbocycles. The molecule has 0 N–H and O–H groups in total. The summed E-state index contributed by atoms with van der Waals surface area (Å²) >= 11 is 0.